The molecular formula is C13H14OS. The normalized spacial score (nSPS) is 12.6. The molecule has 0 aliphatic rings. The summed E-state index contributed by atoms with van der Waals surface area (Å²) in [6.07, 6.45) is 0.185. The van der Waals surface area contributed by atoms with Crippen molar-refractivity contribution in [1.82, 2.24) is 0 Å². The molecule has 0 saturated carbocycles. The lowest BCUT2D eigenvalue weighted by molar-refractivity contribution is 0.0549. The Kier molecular flexibility index (Phi) is 3.54. The Bertz CT molecular complexity index is 380. The molecule has 0 amide bonds. The van der Waals surface area contributed by atoms with E-state index in [1.54, 1.807) is 11.3 Å². The first kappa shape index (κ1) is 10.4. The number of hydrogen-bond donors (Lipinski definition) is 0. The zero-order valence-corrected chi connectivity index (χ0v) is 9.54. The molecule has 0 fully saturated rings. The number of benzene rings is 1. The molecule has 0 N–H and O–H groups in total. The molecule has 0 radical (unpaired) electrons. The van der Waals surface area contributed by atoms with E-state index < -0.39 is 0 Å². The van der Waals surface area contributed by atoms with Gasteiger partial charge in [0.05, 0.1) is 12.7 Å². The summed E-state index contributed by atoms with van der Waals surface area (Å²) < 4.78 is 5.78. The van der Waals surface area contributed by atoms with Crippen molar-refractivity contribution in [1.29, 1.82) is 0 Å². The fraction of sp³-hybridized carbons (Fsp3) is 0.231. The van der Waals surface area contributed by atoms with Crippen LogP contribution in [0.25, 0.3) is 0 Å². The zero-order valence-electron chi connectivity index (χ0n) is 8.72. The van der Waals surface area contributed by atoms with Gasteiger partial charge in [0, 0.05) is 4.88 Å². The number of ether oxygens (including phenoxy) is 1. The van der Waals surface area contributed by atoms with Crippen LogP contribution >= 0.6 is 11.3 Å². The minimum atomic E-state index is 0.185. The van der Waals surface area contributed by atoms with Crippen LogP contribution in [-0.2, 0) is 11.3 Å². The van der Waals surface area contributed by atoms with E-state index >= 15 is 0 Å². The van der Waals surface area contributed by atoms with Gasteiger partial charge in [0.25, 0.3) is 0 Å². The minimum absolute atomic E-state index is 0.185. The van der Waals surface area contributed by atoms with Crippen LogP contribution in [0.1, 0.15) is 23.5 Å². The molecule has 1 unspecified atom stereocenters. The lowest BCUT2D eigenvalue weighted by Gasteiger charge is -2.10. The van der Waals surface area contributed by atoms with Crippen molar-refractivity contribution in [3.05, 3.63) is 58.3 Å². The molecule has 0 aliphatic heterocycles. The fourth-order valence-corrected chi connectivity index (χ4v) is 2.13. The molecule has 0 spiro atoms. The summed E-state index contributed by atoms with van der Waals surface area (Å²) in [5.41, 5.74) is 1.22. The van der Waals surface area contributed by atoms with E-state index in [1.807, 2.05) is 18.2 Å². The van der Waals surface area contributed by atoms with Crippen molar-refractivity contribution in [2.24, 2.45) is 0 Å². The van der Waals surface area contributed by atoms with Gasteiger partial charge in [0.2, 0.25) is 0 Å². The fourth-order valence-electron chi connectivity index (χ4n) is 1.40. The van der Waals surface area contributed by atoms with Gasteiger partial charge in [0.15, 0.2) is 0 Å². The summed E-state index contributed by atoms with van der Waals surface area (Å²) in [6, 6.07) is 14.4. The third-order valence-electron chi connectivity index (χ3n) is 2.29. The summed E-state index contributed by atoms with van der Waals surface area (Å²) in [6.45, 7) is 2.77. The molecule has 0 saturated heterocycles. The van der Waals surface area contributed by atoms with Crippen LogP contribution in [-0.4, -0.2) is 0 Å². The highest BCUT2D eigenvalue weighted by atomic mass is 32.1. The molecule has 2 rings (SSSR count). The Morgan fingerprint density at radius 2 is 1.93 bits per heavy atom. The highest BCUT2D eigenvalue weighted by Crippen LogP contribution is 2.22. The zero-order chi connectivity index (χ0) is 10.5. The summed E-state index contributed by atoms with van der Waals surface area (Å²) in [4.78, 5) is 1.28. The van der Waals surface area contributed by atoms with Crippen LogP contribution in [0.5, 0.6) is 0 Å². The average molecular weight is 218 g/mol. The maximum Gasteiger partial charge on any atom is 0.0893 e. The van der Waals surface area contributed by atoms with Crippen molar-refractivity contribution in [3.63, 3.8) is 0 Å². The molecule has 1 nitrogen and oxygen atoms in total. The number of rotatable bonds is 4. The summed E-state index contributed by atoms with van der Waals surface area (Å²) in [7, 11) is 0. The second-order valence-corrected chi connectivity index (χ2v) is 4.43. The molecule has 2 aromatic rings. The molecule has 15 heavy (non-hydrogen) atoms. The van der Waals surface area contributed by atoms with Crippen LogP contribution in [0.15, 0.2) is 47.8 Å². The molecule has 1 aromatic heterocycles. The highest BCUT2D eigenvalue weighted by Gasteiger charge is 2.06. The highest BCUT2D eigenvalue weighted by molar-refractivity contribution is 7.10. The SMILES string of the molecule is CC(OCc1ccccc1)c1cccs1. The van der Waals surface area contributed by atoms with Crippen LogP contribution in [0.3, 0.4) is 0 Å². The van der Waals surface area contributed by atoms with E-state index in [2.05, 4.69) is 36.6 Å². The van der Waals surface area contributed by atoms with Crippen molar-refractivity contribution in [2.45, 2.75) is 19.6 Å². The van der Waals surface area contributed by atoms with Gasteiger partial charge < -0.3 is 4.74 Å². The van der Waals surface area contributed by atoms with Crippen molar-refractivity contribution < 1.29 is 4.74 Å². The largest absolute Gasteiger partial charge is 0.368 e. The van der Waals surface area contributed by atoms with Gasteiger partial charge in [-0.05, 0) is 23.9 Å². The first-order chi connectivity index (χ1) is 7.36. The van der Waals surface area contributed by atoms with E-state index in [0.717, 1.165) is 0 Å². The Morgan fingerprint density at radius 1 is 1.13 bits per heavy atom. The summed E-state index contributed by atoms with van der Waals surface area (Å²) in [5.74, 6) is 0. The van der Waals surface area contributed by atoms with Crippen LogP contribution in [0, 0.1) is 0 Å². The summed E-state index contributed by atoms with van der Waals surface area (Å²) >= 11 is 1.74. The minimum Gasteiger partial charge on any atom is -0.368 e. The number of thiophene rings is 1. The van der Waals surface area contributed by atoms with Gasteiger partial charge in [-0.25, -0.2) is 0 Å². The molecule has 2 heteroatoms. The third-order valence-corrected chi connectivity index (χ3v) is 3.32. The van der Waals surface area contributed by atoms with Gasteiger partial charge in [-0.1, -0.05) is 36.4 Å². The van der Waals surface area contributed by atoms with Crippen molar-refractivity contribution >= 4 is 11.3 Å². The van der Waals surface area contributed by atoms with Crippen LogP contribution in [0.4, 0.5) is 0 Å². The first-order valence-corrected chi connectivity index (χ1v) is 5.93. The molecule has 1 heterocycles. The molecule has 1 aromatic carbocycles. The van der Waals surface area contributed by atoms with E-state index in [9.17, 15) is 0 Å². The lowest BCUT2D eigenvalue weighted by Crippen LogP contribution is -1.98. The van der Waals surface area contributed by atoms with Crippen molar-refractivity contribution in [3.8, 4) is 0 Å². The van der Waals surface area contributed by atoms with Crippen LogP contribution < -0.4 is 0 Å². The second kappa shape index (κ2) is 5.10. The van der Waals surface area contributed by atoms with E-state index in [0.29, 0.717) is 6.61 Å². The third kappa shape index (κ3) is 2.91. The van der Waals surface area contributed by atoms with Crippen LogP contribution in [0.2, 0.25) is 0 Å². The Morgan fingerprint density at radius 3 is 2.60 bits per heavy atom. The Balaban J connectivity index is 1.89. The first-order valence-electron chi connectivity index (χ1n) is 5.05. The number of hydrogen-bond acceptors (Lipinski definition) is 2. The standard InChI is InChI=1S/C13H14OS/c1-11(13-8-5-9-15-13)14-10-12-6-3-2-4-7-12/h2-9,11H,10H2,1H3. The van der Waals surface area contributed by atoms with E-state index in [1.165, 1.54) is 10.4 Å². The predicted molar refractivity (Wildman–Crippen MR) is 64.0 cm³/mol. The topological polar surface area (TPSA) is 9.23 Å². The van der Waals surface area contributed by atoms with E-state index in [4.69, 9.17) is 4.74 Å². The van der Waals surface area contributed by atoms with Crippen molar-refractivity contribution in [2.75, 3.05) is 0 Å². The molecular weight excluding hydrogens is 204 g/mol. The summed E-state index contributed by atoms with van der Waals surface area (Å²) in [5, 5.41) is 2.08. The maximum absolute atomic E-state index is 5.78. The predicted octanol–water partition coefficient (Wildman–Crippen LogP) is 4.03. The smallest absolute Gasteiger partial charge is 0.0893 e. The Labute approximate surface area is 94.3 Å². The molecule has 1 atom stereocenters. The van der Waals surface area contributed by atoms with Gasteiger partial charge in [0.1, 0.15) is 0 Å². The maximum atomic E-state index is 5.78. The average Bonchev–Trinajstić information content (AvgIpc) is 2.81. The quantitative estimate of drug-likeness (QED) is 0.753. The molecule has 0 bridgehead atoms. The molecule has 78 valence electrons. The monoisotopic (exact) mass is 218 g/mol. The second-order valence-electron chi connectivity index (χ2n) is 3.45. The Hall–Kier alpha value is -1.12. The van der Waals surface area contributed by atoms with E-state index in [-0.39, 0.29) is 6.10 Å². The lowest BCUT2D eigenvalue weighted by atomic mass is 10.2. The van der Waals surface area contributed by atoms with Gasteiger partial charge in [-0.2, -0.15) is 0 Å². The molecule has 0 aliphatic carbocycles. The van der Waals surface area contributed by atoms with Gasteiger partial charge in [-0.15, -0.1) is 11.3 Å². The van der Waals surface area contributed by atoms with Gasteiger partial charge >= 0.3 is 0 Å². The van der Waals surface area contributed by atoms with Gasteiger partial charge in [-0.3, -0.25) is 0 Å².